The third-order valence-electron chi connectivity index (χ3n) is 3.28. The molecule has 18 heavy (non-hydrogen) atoms. The predicted molar refractivity (Wildman–Crippen MR) is 70.4 cm³/mol. The number of fused-ring (bicyclic) bond motifs is 1. The number of hydrogen-bond donors (Lipinski definition) is 2. The third kappa shape index (κ3) is 1.57. The van der Waals surface area contributed by atoms with Crippen molar-refractivity contribution in [3.63, 3.8) is 0 Å². The zero-order valence-corrected chi connectivity index (χ0v) is 9.81. The fraction of sp³-hybridized carbons (Fsp3) is 0.214. The Morgan fingerprint density at radius 2 is 2.17 bits per heavy atom. The zero-order chi connectivity index (χ0) is 11.9. The summed E-state index contributed by atoms with van der Waals surface area (Å²) in [7, 11) is 0. The van der Waals surface area contributed by atoms with E-state index in [9.17, 15) is 0 Å². The lowest BCUT2D eigenvalue weighted by molar-refractivity contribution is 0.617. The molecule has 90 valence electrons. The van der Waals surface area contributed by atoms with E-state index in [-0.39, 0.29) is 0 Å². The van der Waals surface area contributed by atoms with Crippen molar-refractivity contribution in [3.8, 4) is 11.3 Å². The number of furan rings is 1. The molecule has 4 rings (SSSR count). The van der Waals surface area contributed by atoms with Gasteiger partial charge in [-0.25, -0.2) is 0 Å². The van der Waals surface area contributed by atoms with Gasteiger partial charge in [-0.2, -0.15) is 5.10 Å². The molecule has 1 aliphatic carbocycles. The van der Waals surface area contributed by atoms with Crippen LogP contribution >= 0.6 is 0 Å². The van der Waals surface area contributed by atoms with Gasteiger partial charge in [-0.1, -0.05) is 18.2 Å². The van der Waals surface area contributed by atoms with Crippen molar-refractivity contribution in [3.05, 3.63) is 36.6 Å². The van der Waals surface area contributed by atoms with Gasteiger partial charge in [0.15, 0.2) is 0 Å². The molecule has 2 N–H and O–H groups in total. The molecule has 1 aliphatic rings. The van der Waals surface area contributed by atoms with Gasteiger partial charge in [0, 0.05) is 23.1 Å². The zero-order valence-electron chi connectivity index (χ0n) is 9.81. The Labute approximate surface area is 104 Å². The van der Waals surface area contributed by atoms with Crippen molar-refractivity contribution in [2.45, 2.75) is 18.9 Å². The van der Waals surface area contributed by atoms with Crippen LogP contribution in [0.3, 0.4) is 0 Å². The second-order valence-corrected chi connectivity index (χ2v) is 4.73. The molecular formula is C14H13N3O. The quantitative estimate of drug-likeness (QED) is 0.736. The number of nitrogens with one attached hydrogen (secondary N) is 2. The molecule has 4 nitrogen and oxygen atoms in total. The molecule has 0 amide bonds. The van der Waals surface area contributed by atoms with Gasteiger partial charge in [0.2, 0.25) is 0 Å². The summed E-state index contributed by atoms with van der Waals surface area (Å²) in [6.45, 7) is 0. The minimum Gasteiger partial charge on any atom is -0.464 e. The van der Waals surface area contributed by atoms with Crippen molar-refractivity contribution in [1.82, 2.24) is 10.2 Å². The standard InChI is InChI=1S/C14H13N3O/c1-2-4-13-10(3-1)11(8-18-13)12-7-14(17-16-12)15-9-5-6-9/h1-4,7-9H,5-6H2,(H2,15,16,17). The van der Waals surface area contributed by atoms with Gasteiger partial charge >= 0.3 is 0 Å². The highest BCUT2D eigenvalue weighted by atomic mass is 16.3. The van der Waals surface area contributed by atoms with Gasteiger partial charge in [0.25, 0.3) is 0 Å². The van der Waals surface area contributed by atoms with Crippen LogP contribution in [0.4, 0.5) is 5.82 Å². The van der Waals surface area contributed by atoms with Crippen molar-refractivity contribution in [1.29, 1.82) is 0 Å². The molecule has 0 aliphatic heterocycles. The molecule has 1 fully saturated rings. The van der Waals surface area contributed by atoms with E-state index in [0.717, 1.165) is 28.0 Å². The van der Waals surface area contributed by atoms with E-state index in [1.165, 1.54) is 12.8 Å². The summed E-state index contributed by atoms with van der Waals surface area (Å²) in [6, 6.07) is 10.7. The highest BCUT2D eigenvalue weighted by Gasteiger charge is 2.22. The van der Waals surface area contributed by atoms with Crippen LogP contribution in [0.2, 0.25) is 0 Å². The van der Waals surface area contributed by atoms with E-state index in [4.69, 9.17) is 4.42 Å². The molecule has 0 unspecified atom stereocenters. The van der Waals surface area contributed by atoms with Gasteiger partial charge in [0.1, 0.15) is 17.7 Å². The fourth-order valence-corrected chi connectivity index (χ4v) is 2.16. The topological polar surface area (TPSA) is 53.9 Å². The Morgan fingerprint density at radius 1 is 1.28 bits per heavy atom. The van der Waals surface area contributed by atoms with E-state index >= 15 is 0 Å². The highest BCUT2D eigenvalue weighted by Crippen LogP contribution is 2.31. The Kier molecular flexibility index (Phi) is 1.97. The molecule has 0 radical (unpaired) electrons. The Morgan fingerprint density at radius 3 is 3.06 bits per heavy atom. The van der Waals surface area contributed by atoms with Crippen molar-refractivity contribution >= 4 is 16.8 Å². The molecule has 0 bridgehead atoms. The van der Waals surface area contributed by atoms with E-state index < -0.39 is 0 Å². The molecule has 0 spiro atoms. The summed E-state index contributed by atoms with van der Waals surface area (Å²) >= 11 is 0. The average molecular weight is 239 g/mol. The van der Waals surface area contributed by atoms with Gasteiger partial charge in [-0.15, -0.1) is 0 Å². The molecule has 1 aromatic carbocycles. The van der Waals surface area contributed by atoms with Crippen LogP contribution in [-0.2, 0) is 0 Å². The highest BCUT2D eigenvalue weighted by molar-refractivity contribution is 5.93. The summed E-state index contributed by atoms with van der Waals surface area (Å²) in [4.78, 5) is 0. The fourth-order valence-electron chi connectivity index (χ4n) is 2.16. The summed E-state index contributed by atoms with van der Waals surface area (Å²) in [5.41, 5.74) is 2.95. The lowest BCUT2D eigenvalue weighted by atomic mass is 10.1. The lowest BCUT2D eigenvalue weighted by Crippen LogP contribution is -2.00. The third-order valence-corrected chi connectivity index (χ3v) is 3.28. The average Bonchev–Trinajstić information content (AvgIpc) is 2.91. The second kappa shape index (κ2) is 3.63. The Hall–Kier alpha value is -2.23. The van der Waals surface area contributed by atoms with E-state index in [1.807, 2.05) is 24.3 Å². The summed E-state index contributed by atoms with van der Waals surface area (Å²) in [5, 5.41) is 11.8. The maximum absolute atomic E-state index is 5.54. The number of rotatable bonds is 3. The number of H-pyrrole nitrogens is 1. The number of para-hydroxylation sites is 1. The van der Waals surface area contributed by atoms with Gasteiger partial charge in [-0.05, 0) is 18.9 Å². The monoisotopic (exact) mass is 239 g/mol. The molecule has 3 aromatic rings. The smallest absolute Gasteiger partial charge is 0.148 e. The maximum atomic E-state index is 5.54. The van der Waals surface area contributed by atoms with Crippen LogP contribution in [0, 0.1) is 0 Å². The number of benzene rings is 1. The first-order valence-corrected chi connectivity index (χ1v) is 6.19. The van der Waals surface area contributed by atoms with E-state index in [0.29, 0.717) is 6.04 Å². The SMILES string of the molecule is c1ccc2c(-c3cc(NC4CC4)n[nH]3)coc2c1. The van der Waals surface area contributed by atoms with Crippen LogP contribution in [0.5, 0.6) is 0 Å². The van der Waals surface area contributed by atoms with Crippen molar-refractivity contribution in [2.75, 3.05) is 5.32 Å². The van der Waals surface area contributed by atoms with E-state index in [1.54, 1.807) is 6.26 Å². The number of aromatic amines is 1. The summed E-state index contributed by atoms with van der Waals surface area (Å²) in [6.07, 6.45) is 4.27. The lowest BCUT2D eigenvalue weighted by Gasteiger charge is -1.95. The van der Waals surface area contributed by atoms with Gasteiger partial charge in [-0.3, -0.25) is 5.10 Å². The molecule has 2 aromatic heterocycles. The van der Waals surface area contributed by atoms with Crippen LogP contribution in [0.15, 0.2) is 41.0 Å². The van der Waals surface area contributed by atoms with Crippen molar-refractivity contribution in [2.24, 2.45) is 0 Å². The minimum atomic E-state index is 0.613. The predicted octanol–water partition coefficient (Wildman–Crippen LogP) is 3.40. The van der Waals surface area contributed by atoms with Crippen LogP contribution in [0.25, 0.3) is 22.2 Å². The summed E-state index contributed by atoms with van der Waals surface area (Å²) < 4.78 is 5.54. The van der Waals surface area contributed by atoms with Crippen molar-refractivity contribution < 1.29 is 4.42 Å². The summed E-state index contributed by atoms with van der Waals surface area (Å²) in [5.74, 6) is 0.915. The molecule has 0 atom stereocenters. The normalized spacial score (nSPS) is 15.1. The number of aromatic nitrogens is 2. The number of hydrogen-bond acceptors (Lipinski definition) is 3. The van der Waals surface area contributed by atoms with E-state index in [2.05, 4.69) is 21.6 Å². The molecular weight excluding hydrogens is 226 g/mol. The van der Waals surface area contributed by atoms with Crippen LogP contribution in [-0.4, -0.2) is 16.2 Å². The first-order valence-electron chi connectivity index (χ1n) is 6.19. The van der Waals surface area contributed by atoms with Gasteiger partial charge in [0.05, 0.1) is 5.69 Å². The Bertz CT molecular complexity index is 694. The molecule has 4 heteroatoms. The largest absolute Gasteiger partial charge is 0.464 e. The van der Waals surface area contributed by atoms with Gasteiger partial charge < -0.3 is 9.73 Å². The number of anilines is 1. The maximum Gasteiger partial charge on any atom is 0.148 e. The molecule has 2 heterocycles. The number of nitrogens with zero attached hydrogens (tertiary/aromatic N) is 1. The molecule has 0 saturated heterocycles. The minimum absolute atomic E-state index is 0.613. The first kappa shape index (κ1) is 9.76. The van der Waals surface area contributed by atoms with Crippen LogP contribution in [0.1, 0.15) is 12.8 Å². The first-order chi connectivity index (χ1) is 8.90. The second-order valence-electron chi connectivity index (χ2n) is 4.73. The Balaban J connectivity index is 1.74. The van der Waals surface area contributed by atoms with Crippen LogP contribution < -0.4 is 5.32 Å². The molecule has 1 saturated carbocycles.